The summed E-state index contributed by atoms with van der Waals surface area (Å²) in [6.45, 7) is 1.68. The molecule has 0 unspecified atom stereocenters. The standard InChI is InChI=1S/C12H11N3O3/c1-7-6-10(16)15-12(13-7)14-9-5-3-2-4-8(9)11(17)18/h2-6H,1H3,(H,17,18)(H2,13,14,15,16). The normalized spacial score (nSPS) is 10.1. The van der Waals surface area contributed by atoms with Crippen LogP contribution in [0.2, 0.25) is 0 Å². The molecule has 6 heteroatoms. The number of H-pyrrole nitrogens is 1. The molecule has 0 aliphatic rings. The Morgan fingerprint density at radius 1 is 1.39 bits per heavy atom. The second-order valence-corrected chi connectivity index (χ2v) is 3.71. The van der Waals surface area contributed by atoms with E-state index < -0.39 is 5.97 Å². The molecule has 6 nitrogen and oxygen atoms in total. The zero-order valence-electron chi connectivity index (χ0n) is 9.60. The molecule has 0 saturated heterocycles. The molecule has 0 aliphatic carbocycles. The van der Waals surface area contributed by atoms with Gasteiger partial charge in [0, 0.05) is 11.8 Å². The van der Waals surface area contributed by atoms with Crippen LogP contribution in [0.25, 0.3) is 0 Å². The predicted octanol–water partition coefficient (Wildman–Crippen LogP) is 1.52. The van der Waals surface area contributed by atoms with Gasteiger partial charge in [0.1, 0.15) is 0 Å². The molecule has 0 fully saturated rings. The lowest BCUT2D eigenvalue weighted by atomic mass is 10.2. The van der Waals surface area contributed by atoms with Gasteiger partial charge in [-0.1, -0.05) is 12.1 Å². The summed E-state index contributed by atoms with van der Waals surface area (Å²) in [5, 5.41) is 11.8. The van der Waals surface area contributed by atoms with Gasteiger partial charge in [-0.05, 0) is 19.1 Å². The van der Waals surface area contributed by atoms with Gasteiger partial charge in [0.25, 0.3) is 5.56 Å². The topological polar surface area (TPSA) is 95.1 Å². The Balaban J connectivity index is 2.40. The molecule has 3 N–H and O–H groups in total. The predicted molar refractivity (Wildman–Crippen MR) is 66.3 cm³/mol. The van der Waals surface area contributed by atoms with Crippen LogP contribution in [-0.2, 0) is 0 Å². The van der Waals surface area contributed by atoms with Crippen LogP contribution in [-0.4, -0.2) is 21.0 Å². The smallest absolute Gasteiger partial charge is 0.337 e. The van der Waals surface area contributed by atoms with E-state index in [-0.39, 0.29) is 17.1 Å². The summed E-state index contributed by atoms with van der Waals surface area (Å²) in [4.78, 5) is 28.8. The van der Waals surface area contributed by atoms with Gasteiger partial charge in [-0.25, -0.2) is 9.78 Å². The summed E-state index contributed by atoms with van der Waals surface area (Å²) in [6.07, 6.45) is 0. The summed E-state index contributed by atoms with van der Waals surface area (Å²) in [5.41, 5.74) is 0.743. The summed E-state index contributed by atoms with van der Waals surface area (Å²) in [5.74, 6) is -0.832. The number of aromatic carboxylic acids is 1. The molecule has 0 bridgehead atoms. The van der Waals surface area contributed by atoms with Crippen molar-refractivity contribution in [2.24, 2.45) is 0 Å². The van der Waals surface area contributed by atoms with Crippen LogP contribution >= 0.6 is 0 Å². The minimum absolute atomic E-state index is 0.113. The van der Waals surface area contributed by atoms with Crippen molar-refractivity contribution in [2.45, 2.75) is 6.92 Å². The number of anilines is 2. The molecule has 0 amide bonds. The molecular weight excluding hydrogens is 234 g/mol. The highest BCUT2D eigenvalue weighted by atomic mass is 16.4. The molecule has 18 heavy (non-hydrogen) atoms. The van der Waals surface area contributed by atoms with Crippen molar-refractivity contribution in [3.63, 3.8) is 0 Å². The third kappa shape index (κ3) is 2.54. The zero-order valence-corrected chi connectivity index (χ0v) is 9.60. The third-order valence-electron chi connectivity index (χ3n) is 2.28. The average Bonchev–Trinajstić information content (AvgIpc) is 2.27. The van der Waals surface area contributed by atoms with Crippen molar-refractivity contribution in [2.75, 3.05) is 5.32 Å². The SMILES string of the molecule is Cc1cc(=O)[nH]c(Nc2ccccc2C(=O)O)n1. The van der Waals surface area contributed by atoms with Crippen molar-refractivity contribution < 1.29 is 9.90 Å². The van der Waals surface area contributed by atoms with Crippen LogP contribution in [0.5, 0.6) is 0 Å². The van der Waals surface area contributed by atoms with Crippen molar-refractivity contribution in [3.8, 4) is 0 Å². The van der Waals surface area contributed by atoms with E-state index in [0.717, 1.165) is 0 Å². The van der Waals surface area contributed by atoms with Crippen LogP contribution < -0.4 is 10.9 Å². The number of carbonyl (C=O) groups is 1. The summed E-state index contributed by atoms with van der Waals surface area (Å²) in [6, 6.07) is 7.75. The highest BCUT2D eigenvalue weighted by molar-refractivity contribution is 5.94. The van der Waals surface area contributed by atoms with E-state index in [1.165, 1.54) is 12.1 Å². The Hall–Kier alpha value is -2.63. The maximum atomic E-state index is 11.3. The number of carboxylic acid groups (broad SMARTS) is 1. The van der Waals surface area contributed by atoms with Gasteiger partial charge in [0.05, 0.1) is 11.3 Å². The second kappa shape index (κ2) is 4.70. The van der Waals surface area contributed by atoms with E-state index in [4.69, 9.17) is 5.11 Å². The van der Waals surface area contributed by atoms with Gasteiger partial charge >= 0.3 is 5.97 Å². The van der Waals surface area contributed by atoms with Crippen molar-refractivity contribution >= 4 is 17.6 Å². The van der Waals surface area contributed by atoms with Gasteiger partial charge < -0.3 is 10.4 Å². The molecule has 0 radical (unpaired) electrons. The van der Waals surface area contributed by atoms with Crippen LogP contribution in [0.15, 0.2) is 35.1 Å². The zero-order chi connectivity index (χ0) is 13.1. The number of benzene rings is 1. The lowest BCUT2D eigenvalue weighted by Gasteiger charge is -2.08. The Morgan fingerprint density at radius 2 is 2.11 bits per heavy atom. The second-order valence-electron chi connectivity index (χ2n) is 3.71. The Morgan fingerprint density at radius 3 is 2.78 bits per heavy atom. The first-order valence-electron chi connectivity index (χ1n) is 5.23. The highest BCUT2D eigenvalue weighted by Crippen LogP contribution is 2.17. The van der Waals surface area contributed by atoms with E-state index in [9.17, 15) is 9.59 Å². The van der Waals surface area contributed by atoms with Crippen LogP contribution in [0, 0.1) is 6.92 Å². The number of hydrogen-bond donors (Lipinski definition) is 3. The molecule has 0 atom stereocenters. The van der Waals surface area contributed by atoms with Crippen molar-refractivity contribution in [1.29, 1.82) is 0 Å². The average molecular weight is 245 g/mol. The summed E-state index contributed by atoms with van der Waals surface area (Å²) in [7, 11) is 0. The number of aryl methyl sites for hydroxylation is 1. The molecule has 2 aromatic rings. The largest absolute Gasteiger partial charge is 0.478 e. The first-order valence-corrected chi connectivity index (χ1v) is 5.23. The van der Waals surface area contributed by atoms with E-state index in [1.807, 2.05) is 0 Å². The molecule has 0 spiro atoms. The quantitative estimate of drug-likeness (QED) is 0.762. The first kappa shape index (κ1) is 11.8. The van der Waals surface area contributed by atoms with Crippen LogP contribution in [0.1, 0.15) is 16.1 Å². The lowest BCUT2D eigenvalue weighted by Crippen LogP contribution is -2.12. The van der Waals surface area contributed by atoms with Gasteiger partial charge in [0.2, 0.25) is 5.95 Å². The minimum Gasteiger partial charge on any atom is -0.478 e. The fourth-order valence-electron chi connectivity index (χ4n) is 1.54. The summed E-state index contributed by atoms with van der Waals surface area (Å²) >= 11 is 0. The number of aromatic amines is 1. The first-order chi connectivity index (χ1) is 8.56. The maximum Gasteiger partial charge on any atom is 0.337 e. The van der Waals surface area contributed by atoms with Gasteiger partial charge in [-0.15, -0.1) is 0 Å². The van der Waals surface area contributed by atoms with Crippen LogP contribution in [0.3, 0.4) is 0 Å². The molecule has 1 aromatic heterocycles. The number of nitrogens with zero attached hydrogens (tertiary/aromatic N) is 1. The van der Waals surface area contributed by atoms with Gasteiger partial charge in [0.15, 0.2) is 0 Å². The number of rotatable bonds is 3. The fraction of sp³-hybridized carbons (Fsp3) is 0.0833. The number of para-hydroxylation sites is 1. The number of aromatic nitrogens is 2. The molecule has 1 aromatic carbocycles. The van der Waals surface area contributed by atoms with E-state index in [2.05, 4.69) is 15.3 Å². The van der Waals surface area contributed by atoms with Gasteiger partial charge in [-0.3, -0.25) is 9.78 Å². The van der Waals surface area contributed by atoms with Crippen LogP contribution in [0.4, 0.5) is 11.6 Å². The minimum atomic E-state index is -1.05. The molecule has 92 valence electrons. The monoisotopic (exact) mass is 245 g/mol. The van der Waals surface area contributed by atoms with E-state index in [0.29, 0.717) is 11.4 Å². The Labute approximate surface area is 102 Å². The van der Waals surface area contributed by atoms with E-state index >= 15 is 0 Å². The number of carboxylic acids is 1. The molecule has 1 heterocycles. The number of nitrogens with one attached hydrogen (secondary N) is 2. The number of hydrogen-bond acceptors (Lipinski definition) is 4. The molecule has 0 saturated carbocycles. The summed E-state index contributed by atoms with van der Waals surface area (Å²) < 4.78 is 0. The highest BCUT2D eigenvalue weighted by Gasteiger charge is 2.09. The van der Waals surface area contributed by atoms with Crippen molar-refractivity contribution in [3.05, 3.63) is 51.9 Å². The maximum absolute atomic E-state index is 11.3. The fourth-order valence-corrected chi connectivity index (χ4v) is 1.54. The lowest BCUT2D eigenvalue weighted by molar-refractivity contribution is 0.0698. The van der Waals surface area contributed by atoms with Gasteiger partial charge in [-0.2, -0.15) is 0 Å². The third-order valence-corrected chi connectivity index (χ3v) is 2.28. The van der Waals surface area contributed by atoms with Crippen molar-refractivity contribution in [1.82, 2.24) is 9.97 Å². The molecule has 0 aliphatic heterocycles. The van der Waals surface area contributed by atoms with E-state index in [1.54, 1.807) is 25.1 Å². The molecular formula is C12H11N3O3. The Kier molecular flexibility index (Phi) is 3.09. The molecule has 2 rings (SSSR count). The Bertz CT molecular complexity index is 649.